The predicted octanol–water partition coefficient (Wildman–Crippen LogP) is 32.5. The number of benzene rings is 3. The SMILES string of the molecule is CCCCCCCCCCCCCCCCCC1(CCCCCCCCCCCCCCCCC)c2cc3c(cc2-c2c1cc(I)c1nsnc21)C(CCCCCCCCCCCCCCCCC)(CCCCCCCCCCCCCCCCC)c1cc(I)c2nsnc2c1-3. The summed E-state index contributed by atoms with van der Waals surface area (Å²) in [5, 5.41) is 0. The van der Waals surface area contributed by atoms with Crippen LogP contribution in [0, 0.1) is 7.14 Å². The van der Waals surface area contributed by atoms with E-state index in [4.69, 9.17) is 17.5 Å². The Bertz CT molecular complexity index is 2540. The Morgan fingerprint density at radius 2 is 0.406 bits per heavy atom. The summed E-state index contributed by atoms with van der Waals surface area (Å²) in [7, 11) is 0. The first-order chi connectivity index (χ1) is 47.5. The molecule has 0 radical (unpaired) electrons. The highest BCUT2D eigenvalue weighted by atomic mass is 127. The van der Waals surface area contributed by atoms with E-state index in [2.05, 4.69) is 97.1 Å². The van der Waals surface area contributed by atoms with Crippen molar-refractivity contribution in [2.45, 2.75) is 449 Å². The Morgan fingerprint density at radius 1 is 0.229 bits per heavy atom. The Labute approximate surface area is 628 Å². The summed E-state index contributed by atoms with van der Waals surface area (Å²) in [6.07, 6.45) is 89.1. The quantitative estimate of drug-likeness (QED) is 0.0288. The number of rotatable bonds is 64. The van der Waals surface area contributed by atoms with Gasteiger partial charge in [0.1, 0.15) is 22.1 Å². The molecule has 0 saturated heterocycles. The molecule has 0 atom stereocenters. The molecule has 96 heavy (non-hydrogen) atoms. The average molecular weight is 1580 g/mol. The van der Waals surface area contributed by atoms with E-state index in [1.54, 1.807) is 22.3 Å². The molecule has 5 aromatic rings. The van der Waals surface area contributed by atoms with E-state index in [1.165, 1.54) is 475 Å². The molecule has 0 fully saturated rings. The maximum Gasteiger partial charge on any atom is 0.118 e. The summed E-state index contributed by atoms with van der Waals surface area (Å²) in [5.41, 5.74) is 16.8. The minimum Gasteiger partial charge on any atom is -0.172 e. The number of hydrogen-bond donors (Lipinski definition) is 0. The zero-order chi connectivity index (χ0) is 67.4. The van der Waals surface area contributed by atoms with Crippen LogP contribution in [0.2, 0.25) is 0 Å². The fraction of sp³-hybridized carbons (Fsp3) is 0.795. The molecule has 8 heteroatoms. The number of halogens is 2. The lowest BCUT2D eigenvalue weighted by Gasteiger charge is -2.35. The van der Waals surface area contributed by atoms with E-state index >= 15 is 0 Å². The van der Waals surface area contributed by atoms with Gasteiger partial charge >= 0.3 is 0 Å². The third kappa shape index (κ3) is 26.8. The summed E-state index contributed by atoms with van der Waals surface area (Å²) in [4.78, 5) is 0. The molecule has 7 rings (SSSR count). The molecule has 4 nitrogen and oxygen atoms in total. The first-order valence-corrected chi connectivity index (χ1v) is 46.2. The van der Waals surface area contributed by atoms with Crippen LogP contribution in [0.5, 0.6) is 0 Å². The van der Waals surface area contributed by atoms with E-state index in [0.717, 1.165) is 11.0 Å². The number of nitrogens with zero attached hydrogens (tertiary/aromatic N) is 4. The Morgan fingerprint density at radius 3 is 0.604 bits per heavy atom. The van der Waals surface area contributed by atoms with Crippen LogP contribution in [0.15, 0.2) is 24.3 Å². The smallest absolute Gasteiger partial charge is 0.118 e. The van der Waals surface area contributed by atoms with E-state index in [0.29, 0.717) is 0 Å². The fourth-order valence-electron chi connectivity index (χ4n) is 17.7. The molecule has 2 heterocycles. The maximum atomic E-state index is 5.34. The summed E-state index contributed by atoms with van der Waals surface area (Å²) < 4.78 is 23.4. The first-order valence-electron chi connectivity index (χ1n) is 42.6. The van der Waals surface area contributed by atoms with Crippen LogP contribution >= 0.6 is 68.6 Å². The van der Waals surface area contributed by atoms with E-state index < -0.39 is 0 Å². The zero-order valence-corrected chi connectivity index (χ0v) is 68.9. The van der Waals surface area contributed by atoms with E-state index in [9.17, 15) is 0 Å². The van der Waals surface area contributed by atoms with Crippen molar-refractivity contribution in [3.05, 3.63) is 53.7 Å². The molecule has 0 N–H and O–H groups in total. The van der Waals surface area contributed by atoms with Crippen LogP contribution < -0.4 is 0 Å². The maximum absolute atomic E-state index is 5.34. The zero-order valence-electron chi connectivity index (χ0n) is 62.9. The fourth-order valence-corrected chi connectivity index (χ4v) is 20.6. The van der Waals surface area contributed by atoms with Gasteiger partial charge in [-0.05, 0) is 129 Å². The van der Waals surface area contributed by atoms with Crippen molar-refractivity contribution in [1.29, 1.82) is 0 Å². The molecule has 2 aliphatic rings. The van der Waals surface area contributed by atoms with Crippen molar-refractivity contribution in [2.24, 2.45) is 0 Å². The topological polar surface area (TPSA) is 51.6 Å². The third-order valence-electron chi connectivity index (χ3n) is 23.6. The lowest BCUT2D eigenvalue weighted by atomic mass is 9.68. The van der Waals surface area contributed by atoms with Crippen molar-refractivity contribution in [1.82, 2.24) is 17.5 Å². The Balaban J connectivity index is 1.12. The van der Waals surface area contributed by atoms with Gasteiger partial charge in [-0.2, -0.15) is 17.5 Å². The molecule has 2 aromatic heterocycles. The molecular formula is C88H144I2N4S2. The minimum absolute atomic E-state index is 0.0545. The van der Waals surface area contributed by atoms with Crippen molar-refractivity contribution < 1.29 is 0 Å². The van der Waals surface area contributed by atoms with Gasteiger partial charge in [0.25, 0.3) is 0 Å². The first kappa shape index (κ1) is 82.1. The molecule has 542 valence electrons. The van der Waals surface area contributed by atoms with Crippen LogP contribution in [-0.4, -0.2) is 17.5 Å². The predicted molar refractivity (Wildman–Crippen MR) is 444 cm³/mol. The monoisotopic (exact) mass is 1570 g/mol. The number of aromatic nitrogens is 4. The summed E-state index contributed by atoms with van der Waals surface area (Å²) in [6.45, 7) is 9.32. The highest BCUT2D eigenvalue weighted by Crippen LogP contribution is 2.63. The van der Waals surface area contributed by atoms with E-state index in [1.807, 2.05) is 0 Å². The standard InChI is InChI=1S/C88H144I2N4S2/c1-5-9-13-17-21-25-29-33-37-41-45-49-53-57-61-65-87(66-62-58-54-50-46-42-38-34-30-26-22-18-14-10-6-2)75-69-74-76(70-73(75)81-77(87)71-79(89)83-85(81)93-95-91-83)88(78-72-80(90)84-86(82(74)78)94-96-92-84,67-63-59-55-51-47-43-39-35-31-27-23-19-15-11-7-3)68-64-60-56-52-48-44-40-36-32-28-24-20-16-12-8-4/h69-72H,5-68H2,1-4H3. The van der Waals surface area contributed by atoms with Gasteiger partial charge in [0.05, 0.1) is 23.5 Å². The minimum atomic E-state index is -0.0545. The molecule has 0 aliphatic heterocycles. The van der Waals surface area contributed by atoms with Crippen molar-refractivity contribution in [3.8, 4) is 22.3 Å². The van der Waals surface area contributed by atoms with E-state index in [-0.39, 0.29) is 10.8 Å². The lowest BCUT2D eigenvalue weighted by Crippen LogP contribution is -2.27. The number of hydrogen-bond acceptors (Lipinski definition) is 6. The summed E-state index contributed by atoms with van der Waals surface area (Å²) in [6, 6.07) is 11.0. The molecule has 0 saturated carbocycles. The second-order valence-corrected chi connectivity index (χ2v) is 34.8. The molecule has 0 amide bonds. The highest BCUT2D eigenvalue weighted by Gasteiger charge is 2.50. The molecule has 0 spiro atoms. The van der Waals surface area contributed by atoms with Crippen LogP contribution in [0.1, 0.15) is 461 Å². The van der Waals surface area contributed by atoms with Gasteiger partial charge in [-0.15, -0.1) is 0 Å². The largest absolute Gasteiger partial charge is 0.172 e. The van der Waals surface area contributed by atoms with Gasteiger partial charge in [0.2, 0.25) is 0 Å². The summed E-state index contributed by atoms with van der Waals surface area (Å²) in [5.74, 6) is 0. The van der Waals surface area contributed by atoms with Crippen LogP contribution in [0.4, 0.5) is 0 Å². The second-order valence-electron chi connectivity index (χ2n) is 31.4. The summed E-state index contributed by atoms with van der Waals surface area (Å²) >= 11 is 8.17. The normalized spacial score (nSPS) is 13.6. The van der Waals surface area contributed by atoms with Crippen LogP contribution in [0.25, 0.3) is 44.3 Å². The number of fused-ring (bicyclic) bond motifs is 10. The van der Waals surface area contributed by atoms with Gasteiger partial charge < -0.3 is 0 Å². The molecular weight excluding hydrogens is 1430 g/mol. The Kier molecular flexibility index (Phi) is 42.9. The number of unbranched alkanes of at least 4 members (excludes halogenated alkanes) is 56. The van der Waals surface area contributed by atoms with Crippen LogP contribution in [0.3, 0.4) is 0 Å². The molecule has 2 aliphatic carbocycles. The second kappa shape index (κ2) is 50.2. The van der Waals surface area contributed by atoms with Crippen molar-refractivity contribution in [2.75, 3.05) is 0 Å². The lowest BCUT2D eigenvalue weighted by molar-refractivity contribution is 0.393. The van der Waals surface area contributed by atoms with Gasteiger partial charge in [0, 0.05) is 29.1 Å². The van der Waals surface area contributed by atoms with Crippen LogP contribution in [-0.2, 0) is 10.8 Å². The molecule has 0 unspecified atom stereocenters. The molecule has 0 bridgehead atoms. The Hall–Kier alpha value is -1.24. The van der Waals surface area contributed by atoms with Gasteiger partial charge in [-0.25, -0.2) is 0 Å². The van der Waals surface area contributed by atoms with Crippen molar-refractivity contribution >= 4 is 90.7 Å². The van der Waals surface area contributed by atoms with Gasteiger partial charge in [-0.3, -0.25) is 0 Å². The van der Waals surface area contributed by atoms with Gasteiger partial charge in [0.15, 0.2) is 0 Å². The molecule has 3 aromatic carbocycles. The van der Waals surface area contributed by atoms with Crippen molar-refractivity contribution in [3.63, 3.8) is 0 Å². The average Bonchev–Trinajstić information content (AvgIpc) is 1.52. The highest BCUT2D eigenvalue weighted by molar-refractivity contribution is 14.1. The van der Waals surface area contributed by atoms with Gasteiger partial charge in [-0.1, -0.05) is 413 Å². The third-order valence-corrected chi connectivity index (χ3v) is 26.3.